The molecule has 7 heteroatoms. The predicted octanol–water partition coefficient (Wildman–Crippen LogP) is 8.97. The van der Waals surface area contributed by atoms with E-state index in [2.05, 4.69) is 107 Å². The minimum Gasteiger partial charge on any atom is -0.326 e. The molecular weight excluding hydrogens is 594 g/mol. The Hall–Kier alpha value is -4.62. The van der Waals surface area contributed by atoms with E-state index >= 15 is 0 Å². The van der Waals surface area contributed by atoms with Gasteiger partial charge in [-0.1, -0.05) is 124 Å². The highest BCUT2D eigenvalue weighted by molar-refractivity contribution is 7.59. The summed E-state index contributed by atoms with van der Waals surface area (Å²) in [5.41, 5.74) is 9.46. The highest BCUT2D eigenvalue weighted by Gasteiger charge is 2.22. The number of amides is 1. The number of carbonyl (C=O) groups excluding carboxylic acids is 2. The molecule has 0 unspecified atom stereocenters. The second-order valence-corrected chi connectivity index (χ2v) is 13.0. The molecule has 1 atom stereocenters. The van der Waals surface area contributed by atoms with Gasteiger partial charge in [0.2, 0.25) is 5.91 Å². The van der Waals surface area contributed by atoms with Gasteiger partial charge < -0.3 is 5.32 Å². The van der Waals surface area contributed by atoms with Crippen LogP contribution in [0.25, 0.3) is 17.2 Å². The zero-order valence-electron chi connectivity index (χ0n) is 27.5. The topological polar surface area (TPSA) is 97.4 Å². The second kappa shape index (κ2) is 16.6. The molecule has 0 aromatic heterocycles. The third-order valence-corrected chi connectivity index (χ3v) is 7.47. The van der Waals surface area contributed by atoms with Gasteiger partial charge in [0.25, 0.3) is 0 Å². The molecule has 1 amide bonds. The Morgan fingerprint density at radius 1 is 0.826 bits per heavy atom. The summed E-state index contributed by atoms with van der Waals surface area (Å²) in [7, 11) is -3.11. The number of aryl methyl sites for hydroxylation is 2. The zero-order valence-corrected chi connectivity index (χ0v) is 28.3. The van der Waals surface area contributed by atoms with E-state index < -0.39 is 10.6 Å². The van der Waals surface area contributed by atoms with Crippen molar-refractivity contribution in [2.75, 3.05) is 5.32 Å². The van der Waals surface area contributed by atoms with Crippen molar-refractivity contribution in [1.82, 2.24) is 0 Å². The van der Waals surface area contributed by atoms with E-state index in [0.717, 1.165) is 39.9 Å². The SMILES string of the molecule is CCCC(=O)c1ccc(C[C@H](C(=O)Nc2ccc(-c3ccc(C)cc3C)cc2)c2ccc(/C=C/C(C)(C)C)cc2)cc1.O=S(=O)=O. The van der Waals surface area contributed by atoms with Crippen molar-refractivity contribution in [3.63, 3.8) is 0 Å². The molecule has 0 bridgehead atoms. The first kappa shape index (κ1) is 35.9. The average Bonchev–Trinajstić information content (AvgIpc) is 2.99. The number of carbonyl (C=O) groups is 2. The van der Waals surface area contributed by atoms with Crippen LogP contribution in [0.15, 0.2) is 97.1 Å². The fourth-order valence-electron chi connectivity index (χ4n) is 5.08. The zero-order chi connectivity index (χ0) is 33.9. The largest absolute Gasteiger partial charge is 0.425 e. The number of ketones is 1. The molecule has 0 radical (unpaired) electrons. The quantitative estimate of drug-likeness (QED) is 0.175. The molecule has 4 aromatic rings. The van der Waals surface area contributed by atoms with Crippen LogP contribution in [-0.4, -0.2) is 24.3 Å². The molecule has 0 spiro atoms. The van der Waals surface area contributed by atoms with Crippen LogP contribution in [-0.2, 0) is 21.8 Å². The summed E-state index contributed by atoms with van der Waals surface area (Å²) in [5.74, 6) is -0.290. The summed E-state index contributed by atoms with van der Waals surface area (Å²) >= 11 is 0. The summed E-state index contributed by atoms with van der Waals surface area (Å²) in [6.07, 6.45) is 6.22. The molecular formula is C39H43NO5S. The highest BCUT2D eigenvalue weighted by atomic mass is 32.2. The summed E-state index contributed by atoms with van der Waals surface area (Å²) in [6.45, 7) is 12.8. The Balaban J connectivity index is 0.00000136. The van der Waals surface area contributed by atoms with E-state index in [0.29, 0.717) is 12.8 Å². The molecule has 0 aliphatic heterocycles. The lowest BCUT2D eigenvalue weighted by Crippen LogP contribution is -2.23. The van der Waals surface area contributed by atoms with Gasteiger partial charge in [-0.3, -0.25) is 9.59 Å². The number of hydrogen-bond acceptors (Lipinski definition) is 5. The van der Waals surface area contributed by atoms with Crippen LogP contribution >= 0.6 is 0 Å². The van der Waals surface area contributed by atoms with Gasteiger partial charge in [0, 0.05) is 17.7 Å². The molecule has 0 heterocycles. The first-order valence-corrected chi connectivity index (χ1v) is 16.4. The Bertz CT molecular complexity index is 1760. The van der Waals surface area contributed by atoms with Crippen molar-refractivity contribution in [2.45, 2.75) is 66.7 Å². The first-order chi connectivity index (χ1) is 21.8. The smallest absolute Gasteiger partial charge is 0.326 e. The molecule has 46 heavy (non-hydrogen) atoms. The number of Topliss-reactive ketones (excluding diaryl/α,β-unsaturated/α-hetero) is 1. The standard InChI is InChI=1S/C39H43NO2.O3S/c1-7-8-37(41)33-16-12-30(13-17-33)26-36(32-14-10-29(11-15-32)23-24-39(4,5)6)38(42)40-34-20-18-31(19-21-34)35-22-9-27(2)25-28(35)3;1-4(2)3/h9-25,36H,7-8,26H2,1-6H3,(H,40,42);/b24-23+;/t36-;/m0./s1. The minimum atomic E-state index is -3.11. The lowest BCUT2D eigenvalue weighted by molar-refractivity contribution is -0.117. The number of benzene rings is 4. The van der Waals surface area contributed by atoms with E-state index in [1.165, 1.54) is 16.7 Å². The van der Waals surface area contributed by atoms with Gasteiger partial charge in [0.15, 0.2) is 5.78 Å². The Morgan fingerprint density at radius 3 is 1.98 bits per heavy atom. The van der Waals surface area contributed by atoms with Crippen LogP contribution in [0.3, 0.4) is 0 Å². The fourth-order valence-corrected chi connectivity index (χ4v) is 5.08. The normalized spacial score (nSPS) is 11.8. The first-order valence-electron chi connectivity index (χ1n) is 15.4. The van der Waals surface area contributed by atoms with Gasteiger partial charge in [-0.05, 0) is 77.6 Å². The Kier molecular flexibility index (Phi) is 13.0. The third-order valence-electron chi connectivity index (χ3n) is 7.47. The molecule has 1 N–H and O–H groups in total. The summed E-state index contributed by atoms with van der Waals surface area (Å²) < 4.78 is 25.3. The molecule has 6 nitrogen and oxygen atoms in total. The lowest BCUT2D eigenvalue weighted by atomic mass is 9.89. The van der Waals surface area contributed by atoms with Gasteiger partial charge in [-0.2, -0.15) is 0 Å². The van der Waals surface area contributed by atoms with Gasteiger partial charge in [-0.15, -0.1) is 12.6 Å². The third kappa shape index (κ3) is 11.4. The number of allylic oxidation sites excluding steroid dienone is 1. The van der Waals surface area contributed by atoms with Crippen LogP contribution in [0.5, 0.6) is 0 Å². The lowest BCUT2D eigenvalue weighted by Gasteiger charge is -2.19. The summed E-state index contributed by atoms with van der Waals surface area (Å²) in [4.78, 5) is 26.1. The van der Waals surface area contributed by atoms with E-state index in [4.69, 9.17) is 12.6 Å². The van der Waals surface area contributed by atoms with Crippen LogP contribution in [0.1, 0.15) is 84.6 Å². The van der Waals surface area contributed by atoms with Crippen LogP contribution in [0.4, 0.5) is 5.69 Å². The fraction of sp³-hybridized carbons (Fsp3) is 0.282. The molecule has 0 fully saturated rings. The molecule has 0 saturated heterocycles. The van der Waals surface area contributed by atoms with E-state index in [-0.39, 0.29) is 23.0 Å². The second-order valence-electron chi connectivity index (χ2n) is 12.6. The molecule has 0 aliphatic rings. The monoisotopic (exact) mass is 637 g/mol. The van der Waals surface area contributed by atoms with Crippen LogP contribution < -0.4 is 5.32 Å². The van der Waals surface area contributed by atoms with E-state index in [1.807, 2.05) is 43.3 Å². The van der Waals surface area contributed by atoms with Crippen molar-refractivity contribution in [1.29, 1.82) is 0 Å². The maximum atomic E-state index is 13.8. The molecule has 0 saturated carbocycles. The van der Waals surface area contributed by atoms with Crippen molar-refractivity contribution in [2.24, 2.45) is 5.41 Å². The van der Waals surface area contributed by atoms with Crippen LogP contribution in [0, 0.1) is 19.3 Å². The maximum Gasteiger partial charge on any atom is 0.425 e. The molecule has 0 aliphatic carbocycles. The minimum absolute atomic E-state index is 0.0571. The van der Waals surface area contributed by atoms with Gasteiger partial charge in [0.05, 0.1) is 5.92 Å². The van der Waals surface area contributed by atoms with Crippen LogP contribution in [0.2, 0.25) is 0 Å². The number of hydrogen-bond donors (Lipinski definition) is 1. The summed E-state index contributed by atoms with van der Waals surface area (Å²) in [6, 6.07) is 30.5. The molecule has 240 valence electrons. The number of rotatable bonds is 10. The van der Waals surface area contributed by atoms with Gasteiger partial charge >= 0.3 is 10.6 Å². The van der Waals surface area contributed by atoms with Crippen molar-refractivity contribution in [3.05, 3.63) is 130 Å². The highest BCUT2D eigenvalue weighted by Crippen LogP contribution is 2.28. The van der Waals surface area contributed by atoms with Crippen molar-refractivity contribution >= 4 is 34.1 Å². The molecule has 4 rings (SSSR count). The van der Waals surface area contributed by atoms with Gasteiger partial charge in [-0.25, -0.2) is 0 Å². The van der Waals surface area contributed by atoms with Gasteiger partial charge in [0.1, 0.15) is 0 Å². The molecule has 4 aromatic carbocycles. The number of nitrogens with one attached hydrogen (secondary N) is 1. The van der Waals surface area contributed by atoms with E-state index in [1.54, 1.807) is 0 Å². The van der Waals surface area contributed by atoms with Crippen molar-refractivity contribution < 1.29 is 22.2 Å². The predicted molar refractivity (Wildman–Crippen MR) is 187 cm³/mol. The van der Waals surface area contributed by atoms with E-state index in [9.17, 15) is 9.59 Å². The average molecular weight is 638 g/mol. The Labute approximate surface area is 274 Å². The number of anilines is 1. The Morgan fingerprint density at radius 2 is 1.43 bits per heavy atom. The maximum absolute atomic E-state index is 13.8. The summed E-state index contributed by atoms with van der Waals surface area (Å²) in [5, 5.41) is 3.16. The van der Waals surface area contributed by atoms with Crippen molar-refractivity contribution in [3.8, 4) is 11.1 Å².